The maximum atomic E-state index is 11.1. The average molecular weight is 205 g/mol. The van der Waals surface area contributed by atoms with E-state index in [1.54, 1.807) is 20.1 Å². The van der Waals surface area contributed by atoms with E-state index in [1.165, 1.54) is 11.8 Å². The molecule has 4 nitrogen and oxygen atoms in total. The van der Waals surface area contributed by atoms with Gasteiger partial charge in [0, 0.05) is 0 Å². The Morgan fingerprint density at radius 3 is 2.31 bits per heavy atom. The van der Waals surface area contributed by atoms with Gasteiger partial charge >= 0.3 is 5.97 Å². The fraction of sp³-hybridized carbons (Fsp3) is 0.750. The molecule has 0 saturated heterocycles. The van der Waals surface area contributed by atoms with Crippen molar-refractivity contribution in [2.24, 2.45) is 5.92 Å². The lowest BCUT2D eigenvalue weighted by Crippen LogP contribution is -2.45. The molecule has 0 aromatic heterocycles. The number of thioether (sulfide) groups is 1. The van der Waals surface area contributed by atoms with Gasteiger partial charge in [0.15, 0.2) is 0 Å². The highest BCUT2D eigenvalue weighted by atomic mass is 32.2. The fourth-order valence-electron chi connectivity index (χ4n) is 0.860. The smallest absolute Gasteiger partial charge is 0.326 e. The van der Waals surface area contributed by atoms with Gasteiger partial charge in [-0.05, 0) is 12.2 Å². The van der Waals surface area contributed by atoms with E-state index in [-0.39, 0.29) is 11.8 Å². The van der Waals surface area contributed by atoms with Crippen molar-refractivity contribution in [1.82, 2.24) is 5.32 Å². The Balaban J connectivity index is 4.10. The lowest BCUT2D eigenvalue weighted by Gasteiger charge is -2.17. The van der Waals surface area contributed by atoms with Crippen LogP contribution in [0.1, 0.15) is 13.8 Å². The van der Waals surface area contributed by atoms with E-state index >= 15 is 0 Å². The van der Waals surface area contributed by atoms with Crippen molar-refractivity contribution in [1.29, 1.82) is 0 Å². The van der Waals surface area contributed by atoms with Gasteiger partial charge in [-0.2, -0.15) is 11.8 Å². The molecule has 0 radical (unpaired) electrons. The van der Waals surface area contributed by atoms with Crippen LogP contribution in [0.2, 0.25) is 0 Å². The number of amides is 1. The molecule has 0 aliphatic heterocycles. The van der Waals surface area contributed by atoms with Crippen LogP contribution in [0.5, 0.6) is 0 Å². The molecule has 76 valence electrons. The van der Waals surface area contributed by atoms with Gasteiger partial charge in [0.1, 0.15) is 6.04 Å². The fourth-order valence-corrected chi connectivity index (χ4v) is 1.21. The number of rotatable bonds is 5. The summed E-state index contributed by atoms with van der Waals surface area (Å²) in [6, 6.07) is -0.778. The molecule has 0 saturated carbocycles. The minimum atomic E-state index is -0.982. The quantitative estimate of drug-likeness (QED) is 0.689. The van der Waals surface area contributed by atoms with Crippen molar-refractivity contribution in [2.75, 3.05) is 12.0 Å². The second-order valence-corrected chi connectivity index (χ2v) is 3.93. The van der Waals surface area contributed by atoms with Gasteiger partial charge < -0.3 is 10.4 Å². The van der Waals surface area contributed by atoms with Crippen LogP contribution in [0.4, 0.5) is 0 Å². The van der Waals surface area contributed by atoms with E-state index in [9.17, 15) is 9.59 Å². The van der Waals surface area contributed by atoms with Crippen LogP contribution >= 0.6 is 11.8 Å². The summed E-state index contributed by atoms with van der Waals surface area (Å²) in [6.45, 7) is 3.52. The Bertz CT molecular complexity index is 194. The second-order valence-electron chi connectivity index (χ2n) is 3.06. The summed E-state index contributed by atoms with van der Waals surface area (Å²) in [6.07, 6.45) is 1.80. The van der Waals surface area contributed by atoms with Gasteiger partial charge in [-0.3, -0.25) is 4.79 Å². The monoisotopic (exact) mass is 205 g/mol. The number of hydrogen-bond donors (Lipinski definition) is 2. The summed E-state index contributed by atoms with van der Waals surface area (Å²) >= 11 is 1.37. The average Bonchev–Trinajstić information content (AvgIpc) is 1.99. The highest BCUT2D eigenvalue weighted by Gasteiger charge is 2.22. The molecule has 0 heterocycles. The number of hydrogen-bond acceptors (Lipinski definition) is 3. The van der Waals surface area contributed by atoms with E-state index in [1.807, 2.05) is 0 Å². The van der Waals surface area contributed by atoms with E-state index in [0.717, 1.165) is 0 Å². The number of aliphatic carboxylic acids is 1. The third-order valence-corrected chi connectivity index (χ3v) is 2.08. The van der Waals surface area contributed by atoms with Crippen LogP contribution in [-0.2, 0) is 9.59 Å². The zero-order chi connectivity index (χ0) is 10.4. The molecule has 2 N–H and O–H groups in total. The predicted molar refractivity (Wildman–Crippen MR) is 52.8 cm³/mol. The second kappa shape index (κ2) is 5.85. The molecule has 0 bridgehead atoms. The van der Waals surface area contributed by atoms with Crippen molar-refractivity contribution in [3.63, 3.8) is 0 Å². The van der Waals surface area contributed by atoms with Crippen molar-refractivity contribution in [3.05, 3.63) is 0 Å². The highest BCUT2D eigenvalue weighted by molar-refractivity contribution is 7.99. The largest absolute Gasteiger partial charge is 0.480 e. The van der Waals surface area contributed by atoms with Crippen LogP contribution in [0.15, 0.2) is 0 Å². The summed E-state index contributed by atoms with van der Waals surface area (Å²) in [5.74, 6) is -1.00. The molecular weight excluding hydrogens is 190 g/mol. The molecule has 1 amide bonds. The van der Waals surface area contributed by atoms with E-state index in [2.05, 4.69) is 5.32 Å². The Morgan fingerprint density at radius 2 is 2.00 bits per heavy atom. The Kier molecular flexibility index (Phi) is 5.53. The molecule has 0 fully saturated rings. The lowest BCUT2D eigenvalue weighted by atomic mass is 10.1. The Hall–Kier alpha value is -0.710. The van der Waals surface area contributed by atoms with Crippen molar-refractivity contribution >= 4 is 23.6 Å². The first-order valence-electron chi connectivity index (χ1n) is 4.00. The van der Waals surface area contributed by atoms with Gasteiger partial charge in [-0.1, -0.05) is 13.8 Å². The van der Waals surface area contributed by atoms with Gasteiger partial charge in [0.25, 0.3) is 0 Å². The normalized spacial score (nSPS) is 12.6. The first kappa shape index (κ1) is 12.3. The standard InChI is InChI=1S/C8H15NO3S/c1-5(2)7(8(11)12)9-6(10)4-13-3/h5,7H,4H2,1-3H3,(H,9,10)(H,11,12). The third kappa shape index (κ3) is 4.77. The van der Waals surface area contributed by atoms with Crippen LogP contribution in [-0.4, -0.2) is 35.0 Å². The minimum absolute atomic E-state index is 0.0942. The number of carboxylic acids is 1. The number of nitrogens with one attached hydrogen (secondary N) is 1. The summed E-state index contributed by atoms with van der Waals surface area (Å²) in [5, 5.41) is 11.2. The SMILES string of the molecule is CSCC(=O)NC(C(=O)O)C(C)C. The topological polar surface area (TPSA) is 66.4 Å². The molecule has 1 atom stereocenters. The molecule has 0 aliphatic carbocycles. The van der Waals surface area contributed by atoms with Gasteiger partial charge in [0.2, 0.25) is 5.91 Å². The summed E-state index contributed by atoms with van der Waals surface area (Å²) in [4.78, 5) is 21.7. The first-order chi connectivity index (χ1) is 5.99. The summed E-state index contributed by atoms with van der Waals surface area (Å²) in [5.41, 5.74) is 0. The summed E-state index contributed by atoms with van der Waals surface area (Å²) in [7, 11) is 0. The number of carboxylic acid groups (broad SMARTS) is 1. The van der Waals surface area contributed by atoms with Gasteiger partial charge in [0.05, 0.1) is 5.75 Å². The maximum Gasteiger partial charge on any atom is 0.326 e. The number of carbonyl (C=O) groups excluding carboxylic acids is 1. The predicted octanol–water partition coefficient (Wildman–Crippen LogP) is 0.575. The zero-order valence-corrected chi connectivity index (χ0v) is 8.85. The Labute approximate surface area is 82.1 Å². The molecule has 0 aromatic carbocycles. The van der Waals surface area contributed by atoms with Crippen LogP contribution in [0.3, 0.4) is 0 Å². The Morgan fingerprint density at radius 1 is 1.46 bits per heavy atom. The first-order valence-corrected chi connectivity index (χ1v) is 5.39. The van der Waals surface area contributed by atoms with E-state index in [0.29, 0.717) is 5.75 Å². The molecule has 0 aromatic rings. The van der Waals surface area contributed by atoms with Gasteiger partial charge in [-0.25, -0.2) is 4.79 Å². The molecule has 5 heteroatoms. The van der Waals surface area contributed by atoms with Gasteiger partial charge in [-0.15, -0.1) is 0 Å². The molecule has 0 rings (SSSR count). The minimum Gasteiger partial charge on any atom is -0.480 e. The molecule has 13 heavy (non-hydrogen) atoms. The van der Waals surface area contributed by atoms with Crippen LogP contribution in [0, 0.1) is 5.92 Å². The maximum absolute atomic E-state index is 11.1. The van der Waals surface area contributed by atoms with E-state index in [4.69, 9.17) is 5.11 Å². The van der Waals surface area contributed by atoms with Crippen molar-refractivity contribution in [2.45, 2.75) is 19.9 Å². The van der Waals surface area contributed by atoms with E-state index < -0.39 is 12.0 Å². The van der Waals surface area contributed by atoms with Crippen molar-refractivity contribution in [3.8, 4) is 0 Å². The molecule has 0 spiro atoms. The molecule has 0 aliphatic rings. The molecular formula is C8H15NO3S. The van der Waals surface area contributed by atoms with Crippen LogP contribution in [0.25, 0.3) is 0 Å². The third-order valence-electron chi connectivity index (χ3n) is 1.52. The van der Waals surface area contributed by atoms with Crippen molar-refractivity contribution < 1.29 is 14.7 Å². The molecule has 1 unspecified atom stereocenters. The van der Waals surface area contributed by atoms with Crippen LogP contribution < -0.4 is 5.32 Å². The number of carbonyl (C=O) groups is 2. The highest BCUT2D eigenvalue weighted by Crippen LogP contribution is 2.02. The summed E-state index contributed by atoms with van der Waals surface area (Å²) < 4.78 is 0. The lowest BCUT2D eigenvalue weighted by molar-refractivity contribution is -0.142. The zero-order valence-electron chi connectivity index (χ0n) is 8.03.